The lowest BCUT2D eigenvalue weighted by Crippen LogP contribution is -2.64. The second-order valence-electron chi connectivity index (χ2n) is 23.6. The first kappa shape index (κ1) is 43.7. The summed E-state index contributed by atoms with van der Waals surface area (Å²) in [5, 5.41) is 19.0. The number of benzene rings is 1. The number of rotatable bonds is 14. The van der Waals surface area contributed by atoms with Crippen LogP contribution in [0.3, 0.4) is 0 Å². The molecule has 1 spiro atoms. The first-order chi connectivity index (χ1) is 32.2. The van der Waals surface area contributed by atoms with Crippen LogP contribution in [0.1, 0.15) is 138 Å². The van der Waals surface area contributed by atoms with Crippen molar-refractivity contribution in [3.63, 3.8) is 0 Å². The van der Waals surface area contributed by atoms with Gasteiger partial charge in [-0.3, -0.25) is 9.48 Å². The molecular weight excluding hydrogens is 855 g/mol. The van der Waals surface area contributed by atoms with Gasteiger partial charge in [-0.2, -0.15) is 5.10 Å². The van der Waals surface area contributed by atoms with Crippen molar-refractivity contribution >= 4 is 55.7 Å². The van der Waals surface area contributed by atoms with E-state index in [1.165, 1.54) is 58.0 Å². The third-order valence-corrected chi connectivity index (χ3v) is 18.5. The Balaban J connectivity index is 0.843. The molecule has 7 fully saturated rings. The summed E-state index contributed by atoms with van der Waals surface area (Å²) in [6.07, 6.45) is 18.0. The van der Waals surface area contributed by atoms with Gasteiger partial charge in [-0.1, -0.05) is 37.3 Å². The molecule has 2 aliphatic heterocycles. The number of hydrogen-bond donors (Lipinski definition) is 1. The topological polar surface area (TPSA) is 131 Å². The molecular formula is C54H67N9O3S. The summed E-state index contributed by atoms with van der Waals surface area (Å²) in [5.41, 5.74) is 7.37. The standard InChI is InChI=1S/C54H67N9O3S/c1-34(64)21-37-22-52(23-37)24-38(25-52)46(65)45-40(14-15-44(57-45)62-18-10-11-39-35(2)47(59-60-48(39)62)58-49-56-42-12-6-7-13-43(42)67-49)41-26-55-63(36(41)3)33-53-28-50(4)27-51(5,29-53)31-54(30-50,32-53)66-20-19-61-16-8-9-17-61/h6-7,12-15,26,37-38H,8-11,16-25,27-33H2,1-5H3,(H,56,58,59). The van der Waals surface area contributed by atoms with Crippen LogP contribution in [0.5, 0.6) is 0 Å². The number of aromatic nitrogens is 6. The fourth-order valence-electron chi connectivity index (χ4n) is 16.1. The molecule has 4 aromatic heterocycles. The molecule has 6 saturated carbocycles. The third-order valence-electron chi connectivity index (χ3n) is 17.6. The number of para-hydroxylation sites is 1. The van der Waals surface area contributed by atoms with Crippen LogP contribution >= 0.6 is 11.3 Å². The number of thiazole rings is 1. The highest BCUT2D eigenvalue weighted by Gasteiger charge is 2.66. The SMILES string of the molecule is CC(=O)CC1CC2(C1)CC(C(=O)c1nc(N3CCCc4c3nnc(Nc3nc5ccccc5s3)c4C)ccc1-c1cnn(CC34CC5(C)CC(C)(C3)CC(OCCN3CCCC3)(C5)C4)c1C)C2. The summed E-state index contributed by atoms with van der Waals surface area (Å²) in [6, 6.07) is 12.4. The van der Waals surface area contributed by atoms with Crippen molar-refractivity contribution in [3.05, 3.63) is 65.1 Å². The molecule has 13 heteroatoms. The van der Waals surface area contributed by atoms with Crippen LogP contribution in [0.4, 0.5) is 22.6 Å². The Morgan fingerprint density at radius 3 is 2.40 bits per heavy atom. The fourth-order valence-corrected chi connectivity index (χ4v) is 17.0. The molecule has 67 heavy (non-hydrogen) atoms. The maximum absolute atomic E-state index is 15.0. The van der Waals surface area contributed by atoms with Crippen molar-refractivity contribution in [2.45, 2.75) is 143 Å². The first-order valence-electron chi connectivity index (χ1n) is 25.4. The summed E-state index contributed by atoms with van der Waals surface area (Å²) in [5.74, 6) is 2.99. The number of carbonyl (C=O) groups excluding carboxylic acids is 2. The minimum absolute atomic E-state index is 0.0711. The normalized spacial score (nSPS) is 31.9. The molecule has 0 radical (unpaired) electrons. The molecule has 6 aliphatic carbocycles. The van der Waals surface area contributed by atoms with Crippen LogP contribution in [-0.4, -0.2) is 84.8 Å². The highest BCUT2D eigenvalue weighted by Crippen LogP contribution is 2.72. The Morgan fingerprint density at radius 2 is 1.64 bits per heavy atom. The zero-order chi connectivity index (χ0) is 45.9. The number of pyridine rings is 1. The Morgan fingerprint density at radius 1 is 0.866 bits per heavy atom. The van der Waals surface area contributed by atoms with Gasteiger partial charge in [0.25, 0.3) is 0 Å². The van der Waals surface area contributed by atoms with Crippen molar-refractivity contribution < 1.29 is 14.3 Å². The van der Waals surface area contributed by atoms with E-state index in [-0.39, 0.29) is 44.7 Å². The van der Waals surface area contributed by atoms with Gasteiger partial charge in [0.05, 0.1) is 28.6 Å². The number of nitrogens with zero attached hydrogens (tertiary/aromatic N) is 8. The predicted octanol–water partition coefficient (Wildman–Crippen LogP) is 11.0. The second-order valence-corrected chi connectivity index (χ2v) is 24.7. The van der Waals surface area contributed by atoms with E-state index in [4.69, 9.17) is 30.0 Å². The highest BCUT2D eigenvalue weighted by molar-refractivity contribution is 7.22. The lowest BCUT2D eigenvalue weighted by molar-refractivity contribution is -0.248. The fraction of sp³-hybridized carbons (Fsp3) is 0.611. The average molecular weight is 922 g/mol. The highest BCUT2D eigenvalue weighted by atomic mass is 32.1. The number of ketones is 2. The van der Waals surface area contributed by atoms with Gasteiger partial charge in [-0.25, -0.2) is 9.97 Å². The van der Waals surface area contributed by atoms with Crippen LogP contribution in [0.2, 0.25) is 0 Å². The molecule has 13 rings (SSSR count). The van der Waals surface area contributed by atoms with Gasteiger partial charge in [0.2, 0.25) is 0 Å². The van der Waals surface area contributed by atoms with E-state index < -0.39 is 0 Å². The number of fused-ring (bicyclic) bond motifs is 2. The number of hydrogen-bond acceptors (Lipinski definition) is 12. The summed E-state index contributed by atoms with van der Waals surface area (Å²) in [7, 11) is 0. The van der Waals surface area contributed by atoms with E-state index in [0.717, 1.165) is 126 Å². The van der Waals surface area contributed by atoms with Crippen molar-refractivity contribution in [2.24, 2.45) is 33.5 Å². The van der Waals surface area contributed by atoms with Gasteiger partial charge in [0.1, 0.15) is 17.3 Å². The number of ether oxygens (including phenoxy) is 1. The largest absolute Gasteiger partial charge is 0.374 e. The molecule has 2 atom stereocenters. The van der Waals surface area contributed by atoms with Gasteiger partial charge < -0.3 is 24.6 Å². The van der Waals surface area contributed by atoms with E-state index in [2.05, 4.69) is 65.7 Å². The molecule has 2 unspecified atom stereocenters. The first-order valence-corrected chi connectivity index (χ1v) is 26.2. The Hall–Kier alpha value is -4.59. The lowest BCUT2D eigenvalue weighted by atomic mass is 9.39. The van der Waals surface area contributed by atoms with E-state index >= 15 is 0 Å². The van der Waals surface area contributed by atoms with Gasteiger partial charge in [-0.15, -0.1) is 10.2 Å². The van der Waals surface area contributed by atoms with Gasteiger partial charge in [0.15, 0.2) is 22.6 Å². The average Bonchev–Trinajstić information content (AvgIpc) is 4.00. The number of Topliss-reactive ketones (excluding diaryl/α,β-unsaturated/α-hetero) is 2. The quantitative estimate of drug-likeness (QED) is 0.107. The third kappa shape index (κ3) is 7.83. The predicted molar refractivity (Wildman–Crippen MR) is 263 cm³/mol. The molecule has 8 aliphatic rings. The summed E-state index contributed by atoms with van der Waals surface area (Å²) < 4.78 is 10.5. The molecule has 1 aromatic carbocycles. The summed E-state index contributed by atoms with van der Waals surface area (Å²) >= 11 is 1.61. The summed E-state index contributed by atoms with van der Waals surface area (Å²) in [6.45, 7) is 16.9. The molecule has 1 saturated heterocycles. The zero-order valence-corrected chi connectivity index (χ0v) is 41.1. The van der Waals surface area contributed by atoms with E-state index in [1.54, 1.807) is 18.3 Å². The minimum atomic E-state index is -0.0860. The smallest absolute Gasteiger partial charge is 0.189 e. The van der Waals surface area contributed by atoms with Gasteiger partial charge in [-0.05, 0) is 176 Å². The number of anilines is 4. The van der Waals surface area contributed by atoms with E-state index in [0.29, 0.717) is 23.9 Å². The maximum Gasteiger partial charge on any atom is 0.189 e. The van der Waals surface area contributed by atoms with E-state index in [1.807, 2.05) is 24.4 Å². The van der Waals surface area contributed by atoms with Gasteiger partial charge in [0, 0.05) is 59.9 Å². The molecule has 4 bridgehead atoms. The van der Waals surface area contributed by atoms with Crippen LogP contribution < -0.4 is 10.2 Å². The molecule has 5 aromatic rings. The number of nitrogens with one attached hydrogen (secondary N) is 1. The van der Waals surface area contributed by atoms with Gasteiger partial charge >= 0.3 is 0 Å². The van der Waals surface area contributed by atoms with Crippen molar-refractivity contribution in [2.75, 3.05) is 43.0 Å². The van der Waals surface area contributed by atoms with Crippen LogP contribution in [0.15, 0.2) is 42.6 Å². The molecule has 6 heterocycles. The Kier molecular flexibility index (Phi) is 10.4. The lowest BCUT2D eigenvalue weighted by Gasteiger charge is -2.69. The Bertz CT molecular complexity index is 2730. The number of carbonyl (C=O) groups is 2. The Labute approximate surface area is 399 Å². The molecule has 12 nitrogen and oxygen atoms in total. The van der Waals surface area contributed by atoms with Crippen LogP contribution in [-0.2, 0) is 22.5 Å². The second kappa shape index (κ2) is 16.0. The molecule has 1 N–H and O–H groups in total. The van der Waals surface area contributed by atoms with E-state index in [9.17, 15) is 9.59 Å². The van der Waals surface area contributed by atoms with Crippen LogP contribution in [0.25, 0.3) is 21.3 Å². The van der Waals surface area contributed by atoms with Crippen LogP contribution in [0, 0.1) is 47.3 Å². The van der Waals surface area contributed by atoms with Crippen molar-refractivity contribution in [3.8, 4) is 11.1 Å². The van der Waals surface area contributed by atoms with Crippen molar-refractivity contribution in [1.29, 1.82) is 0 Å². The maximum atomic E-state index is 15.0. The summed E-state index contributed by atoms with van der Waals surface area (Å²) in [4.78, 5) is 41.8. The monoisotopic (exact) mass is 922 g/mol. The molecule has 0 amide bonds. The zero-order valence-electron chi connectivity index (χ0n) is 40.3. The molecule has 352 valence electrons. The minimum Gasteiger partial charge on any atom is -0.374 e. The number of likely N-dealkylation sites (tertiary alicyclic amines) is 1. The van der Waals surface area contributed by atoms with Crippen molar-refractivity contribution in [1.82, 2.24) is 34.8 Å².